The first-order chi connectivity index (χ1) is 8.28. The van der Waals surface area contributed by atoms with E-state index in [4.69, 9.17) is 0 Å². The molecule has 5 heteroatoms. The molecule has 0 aliphatic carbocycles. The van der Waals surface area contributed by atoms with Crippen molar-refractivity contribution in [1.29, 1.82) is 0 Å². The maximum Gasteiger partial charge on any atom is 0.133 e. The molecule has 2 unspecified atom stereocenters. The summed E-state index contributed by atoms with van der Waals surface area (Å²) in [7, 11) is 0. The summed E-state index contributed by atoms with van der Waals surface area (Å²) < 4.78 is 0. The number of rotatable bonds is 2. The van der Waals surface area contributed by atoms with Gasteiger partial charge in [0.2, 0.25) is 0 Å². The Morgan fingerprint density at radius 2 is 2.00 bits per heavy atom. The van der Waals surface area contributed by atoms with Gasteiger partial charge in [-0.1, -0.05) is 0 Å². The molecule has 3 heterocycles. The number of hydrogen-bond acceptors (Lipinski definition) is 5. The van der Waals surface area contributed by atoms with Gasteiger partial charge in [0.15, 0.2) is 0 Å². The topological polar surface area (TPSA) is 49.2 Å². The number of aliphatic hydroxyl groups excluding tert-OH is 1. The largest absolute Gasteiger partial charge is 0.393 e. The number of thioether (sulfide) groups is 1. The van der Waals surface area contributed by atoms with Crippen molar-refractivity contribution in [3.05, 3.63) is 12.4 Å². The highest BCUT2D eigenvalue weighted by Crippen LogP contribution is 2.38. The molecule has 1 aromatic heterocycles. The lowest BCUT2D eigenvalue weighted by Gasteiger charge is -2.38. The van der Waals surface area contributed by atoms with Crippen LogP contribution in [0.1, 0.15) is 25.7 Å². The summed E-state index contributed by atoms with van der Waals surface area (Å²) in [6.45, 7) is 0. The molecule has 3 rings (SSSR count). The number of fused-ring (bicyclic) bond motifs is 2. The van der Waals surface area contributed by atoms with Crippen LogP contribution in [0.5, 0.6) is 0 Å². The van der Waals surface area contributed by atoms with Crippen molar-refractivity contribution < 1.29 is 5.11 Å². The molecule has 1 N–H and O–H groups in total. The molecule has 92 valence electrons. The third-order valence-electron chi connectivity index (χ3n) is 3.81. The highest BCUT2D eigenvalue weighted by molar-refractivity contribution is 7.98. The van der Waals surface area contributed by atoms with Crippen molar-refractivity contribution >= 4 is 17.6 Å². The van der Waals surface area contributed by atoms with Crippen molar-refractivity contribution in [3.8, 4) is 0 Å². The van der Waals surface area contributed by atoms with Crippen LogP contribution in [0, 0.1) is 0 Å². The number of aromatic nitrogens is 2. The summed E-state index contributed by atoms with van der Waals surface area (Å²) in [5.74, 6) is 1.03. The standard InChI is InChI=1S/C12H17N3OS/c1-17-12-6-11(13-7-14-12)15-8-2-3-9(15)5-10(16)4-8/h6-10,16H,2-5H2,1H3. The fraction of sp³-hybridized carbons (Fsp3) is 0.667. The first kappa shape index (κ1) is 11.3. The second kappa shape index (κ2) is 4.46. The number of nitrogens with zero attached hydrogens (tertiary/aromatic N) is 3. The summed E-state index contributed by atoms with van der Waals surface area (Å²) in [6.07, 6.45) is 7.68. The van der Waals surface area contributed by atoms with Crippen LogP contribution < -0.4 is 4.90 Å². The Morgan fingerprint density at radius 1 is 1.29 bits per heavy atom. The second-order valence-electron chi connectivity index (χ2n) is 4.84. The highest BCUT2D eigenvalue weighted by Gasteiger charge is 2.40. The maximum absolute atomic E-state index is 9.79. The number of anilines is 1. The Bertz CT molecular complexity index is 400. The molecule has 2 atom stereocenters. The van der Waals surface area contributed by atoms with Crippen LogP contribution in [0.4, 0.5) is 5.82 Å². The van der Waals surface area contributed by atoms with Gasteiger partial charge >= 0.3 is 0 Å². The van der Waals surface area contributed by atoms with E-state index in [0.717, 1.165) is 23.7 Å². The lowest BCUT2D eigenvalue weighted by atomic mass is 10.00. The third-order valence-corrected chi connectivity index (χ3v) is 4.45. The molecule has 0 amide bonds. The van der Waals surface area contributed by atoms with Gasteiger partial charge in [0, 0.05) is 18.2 Å². The van der Waals surface area contributed by atoms with E-state index in [-0.39, 0.29) is 6.10 Å². The normalized spacial score (nSPS) is 31.9. The van der Waals surface area contributed by atoms with Crippen molar-refractivity contribution in [2.45, 2.75) is 48.9 Å². The van der Waals surface area contributed by atoms with Crippen LogP contribution in [-0.2, 0) is 0 Å². The molecule has 2 bridgehead atoms. The van der Waals surface area contributed by atoms with Crippen molar-refractivity contribution in [1.82, 2.24) is 9.97 Å². The van der Waals surface area contributed by atoms with Gasteiger partial charge in [-0.3, -0.25) is 0 Å². The molecule has 0 saturated carbocycles. The van der Waals surface area contributed by atoms with Crippen LogP contribution in [0.15, 0.2) is 17.4 Å². The van der Waals surface area contributed by atoms with Crippen LogP contribution in [0.3, 0.4) is 0 Å². The first-order valence-electron chi connectivity index (χ1n) is 6.10. The average molecular weight is 251 g/mol. The van der Waals surface area contributed by atoms with Crippen LogP contribution in [0.25, 0.3) is 0 Å². The molecular weight excluding hydrogens is 234 g/mol. The summed E-state index contributed by atoms with van der Waals surface area (Å²) in [5.41, 5.74) is 0. The minimum absolute atomic E-state index is 0.120. The highest BCUT2D eigenvalue weighted by atomic mass is 32.2. The second-order valence-corrected chi connectivity index (χ2v) is 5.66. The van der Waals surface area contributed by atoms with Gasteiger partial charge in [-0.15, -0.1) is 11.8 Å². The molecule has 0 aromatic carbocycles. The van der Waals surface area contributed by atoms with Crippen LogP contribution in [0.2, 0.25) is 0 Å². The molecule has 0 spiro atoms. The molecule has 2 fully saturated rings. The van der Waals surface area contributed by atoms with E-state index in [9.17, 15) is 5.11 Å². The monoisotopic (exact) mass is 251 g/mol. The van der Waals surface area contributed by atoms with Crippen molar-refractivity contribution in [2.24, 2.45) is 0 Å². The molecule has 2 aliphatic heterocycles. The van der Waals surface area contributed by atoms with E-state index >= 15 is 0 Å². The molecule has 0 radical (unpaired) electrons. The van der Waals surface area contributed by atoms with Gasteiger partial charge in [-0.05, 0) is 31.9 Å². The molecule has 2 aliphatic rings. The lowest BCUT2D eigenvalue weighted by Crippen LogP contribution is -2.45. The predicted molar refractivity (Wildman–Crippen MR) is 68.3 cm³/mol. The maximum atomic E-state index is 9.79. The summed E-state index contributed by atoms with van der Waals surface area (Å²) >= 11 is 1.64. The van der Waals surface area contributed by atoms with Gasteiger partial charge in [-0.2, -0.15) is 0 Å². The predicted octanol–water partition coefficient (Wildman–Crippen LogP) is 1.69. The molecule has 2 saturated heterocycles. The zero-order valence-corrected chi connectivity index (χ0v) is 10.7. The molecular formula is C12H17N3OS. The Balaban J connectivity index is 1.89. The van der Waals surface area contributed by atoms with Gasteiger partial charge in [0.1, 0.15) is 17.2 Å². The van der Waals surface area contributed by atoms with E-state index in [2.05, 4.69) is 20.9 Å². The molecule has 1 aromatic rings. The minimum Gasteiger partial charge on any atom is -0.393 e. The summed E-state index contributed by atoms with van der Waals surface area (Å²) in [4.78, 5) is 11.0. The lowest BCUT2D eigenvalue weighted by molar-refractivity contribution is 0.126. The number of hydrogen-bond donors (Lipinski definition) is 1. The number of aliphatic hydroxyl groups is 1. The van der Waals surface area contributed by atoms with Crippen LogP contribution in [-0.4, -0.2) is 39.5 Å². The summed E-state index contributed by atoms with van der Waals surface area (Å²) in [6, 6.07) is 3.00. The van der Waals surface area contributed by atoms with Gasteiger partial charge < -0.3 is 10.0 Å². The smallest absolute Gasteiger partial charge is 0.133 e. The first-order valence-corrected chi connectivity index (χ1v) is 7.33. The van der Waals surface area contributed by atoms with Gasteiger partial charge in [0.05, 0.1) is 6.10 Å². The van der Waals surface area contributed by atoms with E-state index < -0.39 is 0 Å². The van der Waals surface area contributed by atoms with Crippen molar-refractivity contribution in [2.75, 3.05) is 11.2 Å². The van der Waals surface area contributed by atoms with E-state index in [1.54, 1.807) is 18.1 Å². The summed E-state index contributed by atoms with van der Waals surface area (Å²) in [5, 5.41) is 10.8. The average Bonchev–Trinajstić information content (AvgIpc) is 2.62. The Morgan fingerprint density at radius 3 is 2.65 bits per heavy atom. The quantitative estimate of drug-likeness (QED) is 0.640. The van der Waals surface area contributed by atoms with Gasteiger partial charge in [0.25, 0.3) is 0 Å². The SMILES string of the molecule is CSc1cc(N2C3CCC2CC(O)C3)ncn1. The van der Waals surface area contributed by atoms with Gasteiger partial charge in [-0.25, -0.2) is 9.97 Å². The zero-order valence-electron chi connectivity index (χ0n) is 9.91. The Kier molecular flexibility index (Phi) is 2.96. The Hall–Kier alpha value is -0.810. The zero-order chi connectivity index (χ0) is 11.8. The molecule has 4 nitrogen and oxygen atoms in total. The van der Waals surface area contributed by atoms with E-state index in [1.807, 2.05) is 6.26 Å². The fourth-order valence-electron chi connectivity index (χ4n) is 3.11. The Labute approximate surface area is 105 Å². The van der Waals surface area contributed by atoms with Crippen LogP contribution >= 0.6 is 11.8 Å². The number of piperidine rings is 1. The fourth-order valence-corrected chi connectivity index (χ4v) is 3.48. The van der Waals surface area contributed by atoms with Crippen molar-refractivity contribution in [3.63, 3.8) is 0 Å². The third kappa shape index (κ3) is 2.02. The van der Waals surface area contributed by atoms with E-state index in [1.165, 1.54) is 12.8 Å². The van der Waals surface area contributed by atoms with E-state index in [0.29, 0.717) is 12.1 Å². The minimum atomic E-state index is -0.120. The molecule has 17 heavy (non-hydrogen) atoms.